The first-order valence-corrected chi connectivity index (χ1v) is 8.28. The monoisotopic (exact) mass is 366 g/mol. The van der Waals surface area contributed by atoms with E-state index in [9.17, 15) is 14.4 Å². The van der Waals surface area contributed by atoms with Crippen molar-refractivity contribution >= 4 is 52.7 Å². The molecule has 126 valence electrons. The van der Waals surface area contributed by atoms with Crippen LogP contribution in [-0.2, 0) is 14.4 Å². The summed E-state index contributed by atoms with van der Waals surface area (Å²) in [5, 5.41) is 2.69. The number of alkyl halides is 1. The molecule has 1 N–H and O–H groups in total. The summed E-state index contributed by atoms with van der Waals surface area (Å²) in [6.07, 6.45) is 5.93. The van der Waals surface area contributed by atoms with Crippen molar-refractivity contribution in [2.24, 2.45) is 0 Å². The fourth-order valence-corrected chi connectivity index (χ4v) is 2.41. The topological polar surface area (TPSA) is 66.5 Å². The first-order valence-electron chi connectivity index (χ1n) is 7.36. The molecule has 24 heavy (non-hydrogen) atoms. The zero-order valence-electron chi connectivity index (χ0n) is 12.8. The van der Waals surface area contributed by atoms with E-state index in [0.717, 1.165) is 10.5 Å². The molecule has 0 radical (unpaired) electrons. The van der Waals surface area contributed by atoms with Gasteiger partial charge in [-0.3, -0.25) is 19.3 Å². The molecule has 3 amide bonds. The van der Waals surface area contributed by atoms with Crippen LogP contribution >= 0.6 is 23.2 Å². The van der Waals surface area contributed by atoms with Gasteiger partial charge >= 0.3 is 0 Å². The molecular formula is C17H16Cl2N2O3. The Morgan fingerprint density at radius 1 is 1.25 bits per heavy atom. The summed E-state index contributed by atoms with van der Waals surface area (Å²) in [7, 11) is 0. The maximum Gasteiger partial charge on any atom is 0.271 e. The number of imide groups is 1. The summed E-state index contributed by atoms with van der Waals surface area (Å²) >= 11 is 11.3. The van der Waals surface area contributed by atoms with Crippen molar-refractivity contribution in [1.29, 1.82) is 0 Å². The molecule has 1 aliphatic heterocycles. The van der Waals surface area contributed by atoms with Gasteiger partial charge in [-0.1, -0.05) is 29.8 Å². The van der Waals surface area contributed by atoms with Gasteiger partial charge < -0.3 is 5.32 Å². The quantitative estimate of drug-likeness (QED) is 0.657. The maximum absolute atomic E-state index is 12.2. The Balaban J connectivity index is 2.02. The Hall–Kier alpha value is -2.11. The minimum Gasteiger partial charge on any atom is -0.325 e. The first kappa shape index (κ1) is 18.2. The fraction of sp³-hybridized carbons (Fsp3) is 0.235. The largest absolute Gasteiger partial charge is 0.325 e. The molecule has 5 nitrogen and oxygen atoms in total. The standard InChI is InChI=1S/C17H16Cl2N2O3/c18-11-15(22)20-13-7-4-12(5-8-13)6-9-16(23)21-10-2-1-3-14(19)17(21)24/h3-9H,1-2,10-11H2,(H,20,22)/b9-6+. The van der Waals surface area contributed by atoms with E-state index in [1.807, 2.05) is 0 Å². The van der Waals surface area contributed by atoms with Gasteiger partial charge in [0.25, 0.3) is 11.8 Å². The number of anilines is 1. The molecule has 0 atom stereocenters. The van der Waals surface area contributed by atoms with Gasteiger partial charge in [-0.15, -0.1) is 11.6 Å². The Morgan fingerprint density at radius 3 is 2.62 bits per heavy atom. The molecule has 0 fully saturated rings. The van der Waals surface area contributed by atoms with Crippen LogP contribution in [-0.4, -0.2) is 35.0 Å². The van der Waals surface area contributed by atoms with Gasteiger partial charge in [0, 0.05) is 18.3 Å². The predicted octanol–water partition coefficient (Wildman–Crippen LogP) is 3.15. The average Bonchev–Trinajstić information content (AvgIpc) is 2.75. The molecule has 2 rings (SSSR count). The normalized spacial score (nSPS) is 15.2. The summed E-state index contributed by atoms with van der Waals surface area (Å²) in [6, 6.07) is 6.88. The van der Waals surface area contributed by atoms with Crippen molar-refractivity contribution in [1.82, 2.24) is 4.90 Å². The Bertz CT molecular complexity index is 696. The second-order valence-corrected chi connectivity index (χ2v) is 5.80. The van der Waals surface area contributed by atoms with Crippen molar-refractivity contribution in [3.05, 3.63) is 47.0 Å². The van der Waals surface area contributed by atoms with Gasteiger partial charge in [-0.25, -0.2) is 0 Å². The molecule has 0 bridgehead atoms. The number of amides is 3. The van der Waals surface area contributed by atoms with Crippen LogP contribution in [0.15, 0.2) is 41.4 Å². The van der Waals surface area contributed by atoms with E-state index in [4.69, 9.17) is 23.2 Å². The third-order valence-electron chi connectivity index (χ3n) is 3.36. The summed E-state index contributed by atoms with van der Waals surface area (Å²) < 4.78 is 0. The fourth-order valence-electron chi connectivity index (χ4n) is 2.14. The number of nitrogens with zero attached hydrogens (tertiary/aromatic N) is 1. The third kappa shape index (κ3) is 4.94. The van der Waals surface area contributed by atoms with Crippen molar-refractivity contribution in [3.8, 4) is 0 Å². The van der Waals surface area contributed by atoms with Crippen LogP contribution in [0, 0.1) is 0 Å². The molecule has 1 aromatic rings. The van der Waals surface area contributed by atoms with Gasteiger partial charge in [-0.05, 0) is 36.6 Å². The van der Waals surface area contributed by atoms with Crippen LogP contribution < -0.4 is 5.32 Å². The molecule has 0 spiro atoms. The van der Waals surface area contributed by atoms with E-state index in [2.05, 4.69) is 5.32 Å². The second-order valence-electron chi connectivity index (χ2n) is 5.13. The van der Waals surface area contributed by atoms with Crippen molar-refractivity contribution in [3.63, 3.8) is 0 Å². The Labute approximate surface area is 149 Å². The van der Waals surface area contributed by atoms with Gasteiger partial charge in [0.05, 0.1) is 0 Å². The number of rotatable bonds is 4. The zero-order valence-corrected chi connectivity index (χ0v) is 14.3. The van der Waals surface area contributed by atoms with Crippen LogP contribution in [0.1, 0.15) is 18.4 Å². The van der Waals surface area contributed by atoms with Crippen LogP contribution in [0.25, 0.3) is 6.08 Å². The number of hydrogen-bond acceptors (Lipinski definition) is 3. The Morgan fingerprint density at radius 2 is 1.96 bits per heavy atom. The predicted molar refractivity (Wildman–Crippen MR) is 94.7 cm³/mol. The average molecular weight is 367 g/mol. The molecule has 0 aliphatic carbocycles. The Kier molecular flexibility index (Phi) is 6.58. The number of halogens is 2. The van der Waals surface area contributed by atoms with Crippen molar-refractivity contribution in [2.45, 2.75) is 12.8 Å². The number of benzene rings is 1. The molecule has 0 aromatic heterocycles. The number of nitrogens with one attached hydrogen (secondary N) is 1. The lowest BCUT2D eigenvalue weighted by molar-refractivity contribution is -0.138. The number of carbonyl (C=O) groups excluding carboxylic acids is 3. The SMILES string of the molecule is O=C(CCl)Nc1ccc(/C=C/C(=O)N2CCCC=C(Cl)C2=O)cc1. The highest BCUT2D eigenvalue weighted by atomic mass is 35.5. The van der Waals surface area contributed by atoms with E-state index in [1.165, 1.54) is 6.08 Å². The minimum atomic E-state index is -0.469. The van der Waals surface area contributed by atoms with Crippen molar-refractivity contribution in [2.75, 3.05) is 17.7 Å². The highest BCUT2D eigenvalue weighted by Crippen LogP contribution is 2.16. The van der Waals surface area contributed by atoms with Gasteiger partial charge in [0.15, 0.2) is 0 Å². The summed E-state index contributed by atoms with van der Waals surface area (Å²) in [5.74, 6) is -1.28. The maximum atomic E-state index is 12.2. The third-order valence-corrected chi connectivity index (χ3v) is 3.92. The highest BCUT2D eigenvalue weighted by Gasteiger charge is 2.23. The summed E-state index contributed by atoms with van der Waals surface area (Å²) in [5.41, 5.74) is 1.37. The molecule has 1 aromatic carbocycles. The van der Waals surface area contributed by atoms with Crippen LogP contribution in [0.2, 0.25) is 0 Å². The lowest BCUT2D eigenvalue weighted by atomic mass is 10.2. The molecular weight excluding hydrogens is 351 g/mol. The number of carbonyl (C=O) groups is 3. The lowest BCUT2D eigenvalue weighted by Gasteiger charge is -2.16. The smallest absolute Gasteiger partial charge is 0.271 e. The summed E-state index contributed by atoms with van der Waals surface area (Å²) in [4.78, 5) is 36.5. The molecule has 0 saturated carbocycles. The number of hydrogen-bond donors (Lipinski definition) is 1. The van der Waals surface area contributed by atoms with E-state index in [1.54, 1.807) is 36.4 Å². The lowest BCUT2D eigenvalue weighted by Crippen LogP contribution is -2.35. The summed E-state index contributed by atoms with van der Waals surface area (Å²) in [6.45, 7) is 0.345. The van der Waals surface area contributed by atoms with Crippen molar-refractivity contribution < 1.29 is 14.4 Å². The molecule has 0 saturated heterocycles. The van der Waals surface area contributed by atoms with E-state index < -0.39 is 11.8 Å². The van der Waals surface area contributed by atoms with Gasteiger partial charge in [0.1, 0.15) is 10.9 Å². The molecule has 7 heteroatoms. The highest BCUT2D eigenvalue weighted by molar-refractivity contribution is 6.43. The van der Waals surface area contributed by atoms with Crippen LogP contribution in [0.3, 0.4) is 0 Å². The van der Waals surface area contributed by atoms with E-state index in [-0.39, 0.29) is 16.8 Å². The van der Waals surface area contributed by atoms with E-state index in [0.29, 0.717) is 25.1 Å². The van der Waals surface area contributed by atoms with Gasteiger partial charge in [-0.2, -0.15) is 0 Å². The number of allylic oxidation sites excluding steroid dienone is 1. The van der Waals surface area contributed by atoms with E-state index >= 15 is 0 Å². The van der Waals surface area contributed by atoms with Gasteiger partial charge in [0.2, 0.25) is 5.91 Å². The minimum absolute atomic E-state index is 0.0774. The zero-order chi connectivity index (χ0) is 17.5. The second kappa shape index (κ2) is 8.66. The first-order chi connectivity index (χ1) is 11.5. The van der Waals surface area contributed by atoms with Crippen LogP contribution in [0.4, 0.5) is 5.69 Å². The van der Waals surface area contributed by atoms with Crippen LogP contribution in [0.5, 0.6) is 0 Å². The molecule has 0 unspecified atom stereocenters. The molecule has 1 heterocycles. The molecule has 1 aliphatic rings.